The monoisotopic (exact) mass is 300 g/mol. The van der Waals surface area contributed by atoms with Crippen LogP contribution in [0.15, 0.2) is 18.2 Å². The van der Waals surface area contributed by atoms with Crippen LogP contribution in [0.5, 0.6) is 5.75 Å². The number of aryl methyl sites for hydroxylation is 2. The quantitative estimate of drug-likeness (QED) is 0.792. The maximum Gasteiger partial charge on any atom is 0.224 e. The Labute approximate surface area is 127 Å². The molecular formula is C15H25ClN2O2. The second-order valence-electron chi connectivity index (χ2n) is 5.01. The zero-order valence-electron chi connectivity index (χ0n) is 12.6. The van der Waals surface area contributed by atoms with Crippen LogP contribution in [0.2, 0.25) is 0 Å². The third-order valence-corrected chi connectivity index (χ3v) is 3.26. The molecule has 0 aliphatic heterocycles. The number of benzene rings is 1. The molecule has 1 rings (SSSR count). The van der Waals surface area contributed by atoms with Gasteiger partial charge in [0.2, 0.25) is 5.91 Å². The van der Waals surface area contributed by atoms with E-state index in [0.29, 0.717) is 13.2 Å². The summed E-state index contributed by atoms with van der Waals surface area (Å²) in [5.41, 5.74) is 7.89. The van der Waals surface area contributed by atoms with E-state index in [-0.39, 0.29) is 30.3 Å². The third-order valence-electron chi connectivity index (χ3n) is 3.26. The van der Waals surface area contributed by atoms with E-state index in [1.54, 1.807) is 0 Å². The summed E-state index contributed by atoms with van der Waals surface area (Å²) in [5, 5.41) is 2.83. The van der Waals surface area contributed by atoms with E-state index in [9.17, 15) is 4.79 Å². The van der Waals surface area contributed by atoms with Crippen molar-refractivity contribution >= 4 is 18.3 Å². The number of nitrogens with two attached hydrogens (primary N) is 1. The number of carbonyl (C=O) groups is 1. The number of hydrogen-bond donors (Lipinski definition) is 2. The molecule has 4 nitrogen and oxygen atoms in total. The molecule has 0 bridgehead atoms. The first-order valence-electron chi connectivity index (χ1n) is 6.65. The van der Waals surface area contributed by atoms with Gasteiger partial charge in [-0.05, 0) is 31.9 Å². The van der Waals surface area contributed by atoms with Gasteiger partial charge in [-0.25, -0.2) is 0 Å². The van der Waals surface area contributed by atoms with Crippen molar-refractivity contribution in [2.24, 2.45) is 11.7 Å². The molecule has 3 N–H and O–H groups in total. The van der Waals surface area contributed by atoms with E-state index >= 15 is 0 Å². The Morgan fingerprint density at radius 3 is 2.35 bits per heavy atom. The van der Waals surface area contributed by atoms with Gasteiger partial charge in [-0.1, -0.05) is 25.1 Å². The Hall–Kier alpha value is -1.26. The standard InChI is InChI=1S/C15H24N2O2.ClH/c1-10-6-5-7-11(2)14(10)19-9-8-17-15(18)12(3)13(4)16;/h5-7,12-13H,8-9,16H2,1-4H3,(H,17,18);1H. The average Bonchev–Trinajstić information content (AvgIpc) is 2.36. The minimum Gasteiger partial charge on any atom is -0.491 e. The van der Waals surface area contributed by atoms with Gasteiger partial charge >= 0.3 is 0 Å². The first-order valence-corrected chi connectivity index (χ1v) is 6.65. The Balaban J connectivity index is 0.00000361. The summed E-state index contributed by atoms with van der Waals surface area (Å²) in [7, 11) is 0. The van der Waals surface area contributed by atoms with Crippen molar-refractivity contribution in [3.8, 4) is 5.75 Å². The van der Waals surface area contributed by atoms with Crippen molar-refractivity contribution in [2.45, 2.75) is 33.7 Å². The molecule has 2 unspecified atom stereocenters. The Morgan fingerprint density at radius 1 is 1.30 bits per heavy atom. The normalized spacial score (nSPS) is 13.1. The van der Waals surface area contributed by atoms with E-state index in [1.807, 2.05) is 45.9 Å². The smallest absolute Gasteiger partial charge is 0.224 e. The van der Waals surface area contributed by atoms with Gasteiger partial charge in [-0.15, -0.1) is 12.4 Å². The zero-order chi connectivity index (χ0) is 14.4. The van der Waals surface area contributed by atoms with Crippen LogP contribution in [-0.2, 0) is 4.79 Å². The van der Waals surface area contributed by atoms with E-state index < -0.39 is 0 Å². The molecule has 5 heteroatoms. The molecule has 0 saturated carbocycles. The number of carbonyl (C=O) groups excluding carboxylic acids is 1. The molecule has 0 spiro atoms. The van der Waals surface area contributed by atoms with Gasteiger partial charge in [-0.2, -0.15) is 0 Å². The van der Waals surface area contributed by atoms with Gasteiger partial charge in [0.15, 0.2) is 0 Å². The Bertz CT molecular complexity index is 416. The first-order chi connectivity index (χ1) is 8.93. The molecule has 0 saturated heterocycles. The second-order valence-corrected chi connectivity index (χ2v) is 5.01. The fourth-order valence-electron chi connectivity index (χ4n) is 1.75. The van der Waals surface area contributed by atoms with Crippen molar-refractivity contribution < 1.29 is 9.53 Å². The lowest BCUT2D eigenvalue weighted by Gasteiger charge is -2.16. The lowest BCUT2D eigenvalue weighted by atomic mass is 10.0. The highest BCUT2D eigenvalue weighted by atomic mass is 35.5. The lowest BCUT2D eigenvalue weighted by molar-refractivity contribution is -0.125. The van der Waals surface area contributed by atoms with E-state index in [4.69, 9.17) is 10.5 Å². The first kappa shape index (κ1) is 18.7. The number of nitrogens with one attached hydrogen (secondary N) is 1. The van der Waals surface area contributed by atoms with Crippen LogP contribution in [0.4, 0.5) is 0 Å². The van der Waals surface area contributed by atoms with Crippen LogP contribution in [-0.4, -0.2) is 25.1 Å². The molecule has 0 aliphatic carbocycles. The molecule has 1 aromatic carbocycles. The van der Waals surface area contributed by atoms with E-state index in [2.05, 4.69) is 5.32 Å². The van der Waals surface area contributed by atoms with E-state index in [1.165, 1.54) is 0 Å². The summed E-state index contributed by atoms with van der Waals surface area (Å²) < 4.78 is 5.71. The van der Waals surface area contributed by atoms with Crippen LogP contribution in [0.25, 0.3) is 0 Å². The summed E-state index contributed by atoms with van der Waals surface area (Å²) in [6, 6.07) is 5.89. The van der Waals surface area contributed by atoms with Gasteiger partial charge in [0.05, 0.1) is 6.54 Å². The molecule has 0 radical (unpaired) electrons. The molecular weight excluding hydrogens is 276 g/mol. The minimum atomic E-state index is -0.180. The maximum absolute atomic E-state index is 11.7. The number of rotatable bonds is 6. The minimum absolute atomic E-state index is 0. The van der Waals surface area contributed by atoms with Crippen LogP contribution < -0.4 is 15.8 Å². The predicted molar refractivity (Wildman–Crippen MR) is 84.5 cm³/mol. The van der Waals surface area contributed by atoms with Crippen molar-refractivity contribution in [1.29, 1.82) is 0 Å². The average molecular weight is 301 g/mol. The van der Waals surface area contributed by atoms with Gasteiger partial charge in [0, 0.05) is 12.0 Å². The summed E-state index contributed by atoms with van der Waals surface area (Å²) in [5.74, 6) is 0.692. The van der Waals surface area contributed by atoms with Crippen LogP contribution >= 0.6 is 12.4 Å². The number of para-hydroxylation sites is 1. The number of halogens is 1. The molecule has 1 amide bonds. The second kappa shape index (κ2) is 8.82. The van der Waals surface area contributed by atoms with Crippen molar-refractivity contribution in [2.75, 3.05) is 13.2 Å². The number of hydrogen-bond acceptors (Lipinski definition) is 3. The summed E-state index contributed by atoms with van der Waals surface area (Å²) >= 11 is 0. The van der Waals surface area contributed by atoms with Crippen LogP contribution in [0.3, 0.4) is 0 Å². The van der Waals surface area contributed by atoms with Gasteiger partial charge in [-0.3, -0.25) is 4.79 Å². The van der Waals surface area contributed by atoms with Crippen LogP contribution in [0.1, 0.15) is 25.0 Å². The summed E-state index contributed by atoms with van der Waals surface area (Å²) in [6.07, 6.45) is 0. The molecule has 20 heavy (non-hydrogen) atoms. The largest absolute Gasteiger partial charge is 0.491 e. The van der Waals surface area contributed by atoms with Crippen molar-refractivity contribution in [3.63, 3.8) is 0 Å². The van der Waals surface area contributed by atoms with Crippen molar-refractivity contribution in [3.05, 3.63) is 29.3 Å². The lowest BCUT2D eigenvalue weighted by Crippen LogP contribution is -2.40. The molecule has 0 aliphatic rings. The highest BCUT2D eigenvalue weighted by molar-refractivity contribution is 5.85. The molecule has 0 fully saturated rings. The highest BCUT2D eigenvalue weighted by Gasteiger charge is 2.16. The maximum atomic E-state index is 11.7. The summed E-state index contributed by atoms with van der Waals surface area (Å²) in [4.78, 5) is 11.7. The number of amides is 1. The van der Waals surface area contributed by atoms with Gasteiger partial charge in [0.25, 0.3) is 0 Å². The van der Waals surface area contributed by atoms with E-state index in [0.717, 1.165) is 16.9 Å². The highest BCUT2D eigenvalue weighted by Crippen LogP contribution is 2.21. The van der Waals surface area contributed by atoms with Crippen molar-refractivity contribution in [1.82, 2.24) is 5.32 Å². The predicted octanol–water partition coefficient (Wildman–Crippen LogP) is 2.20. The fourth-order valence-corrected chi connectivity index (χ4v) is 1.75. The molecule has 0 heterocycles. The summed E-state index contributed by atoms with van der Waals surface area (Å²) in [6.45, 7) is 8.63. The topological polar surface area (TPSA) is 64.3 Å². The SMILES string of the molecule is Cc1cccc(C)c1OCCNC(=O)C(C)C(C)N.Cl. The van der Waals surface area contributed by atoms with Gasteiger partial charge < -0.3 is 15.8 Å². The Morgan fingerprint density at radius 2 is 1.85 bits per heavy atom. The molecule has 0 aromatic heterocycles. The fraction of sp³-hybridized carbons (Fsp3) is 0.533. The third kappa shape index (κ3) is 5.39. The molecule has 1 aromatic rings. The Kier molecular flexibility index (Phi) is 8.26. The number of ether oxygens (including phenoxy) is 1. The van der Waals surface area contributed by atoms with Crippen LogP contribution in [0, 0.1) is 19.8 Å². The molecule has 2 atom stereocenters. The molecule has 114 valence electrons. The van der Waals surface area contributed by atoms with Gasteiger partial charge in [0.1, 0.15) is 12.4 Å². The zero-order valence-corrected chi connectivity index (χ0v) is 13.4.